The van der Waals surface area contributed by atoms with Crippen LogP contribution in [0.25, 0.3) is 0 Å². The third-order valence-corrected chi connectivity index (χ3v) is 6.47. The second-order valence-electron chi connectivity index (χ2n) is 7.49. The highest BCUT2D eigenvalue weighted by atomic mass is 35.5. The Hall–Kier alpha value is -2.10. The molecule has 136 valence electrons. The Labute approximate surface area is 156 Å². The summed E-state index contributed by atoms with van der Waals surface area (Å²) < 4.78 is 5.38. The minimum absolute atomic E-state index is 0.168. The van der Waals surface area contributed by atoms with Gasteiger partial charge in [0, 0.05) is 36.6 Å². The second kappa shape index (κ2) is 5.97. The first kappa shape index (κ1) is 17.3. The lowest BCUT2D eigenvalue weighted by Gasteiger charge is -2.37. The molecule has 2 heterocycles. The number of ether oxygens (including phenoxy) is 1. The van der Waals surface area contributed by atoms with Crippen molar-refractivity contribution < 1.29 is 19.4 Å². The molecule has 0 bridgehead atoms. The van der Waals surface area contributed by atoms with Gasteiger partial charge >= 0.3 is 5.97 Å². The Bertz CT molecular complexity index is 827. The zero-order valence-electron chi connectivity index (χ0n) is 14.2. The fraction of sp³-hybridized carbons (Fsp3) is 0.526. The normalized spacial score (nSPS) is 28.9. The van der Waals surface area contributed by atoms with E-state index in [1.54, 1.807) is 12.1 Å². The molecular weight excluding hydrogens is 356 g/mol. The number of benzene rings is 1. The summed E-state index contributed by atoms with van der Waals surface area (Å²) >= 11 is 6.06. The van der Waals surface area contributed by atoms with Gasteiger partial charge in [-0.3, -0.25) is 4.79 Å². The predicted octanol–water partition coefficient (Wildman–Crippen LogP) is 2.39. The molecule has 1 N–H and O–H groups in total. The van der Waals surface area contributed by atoms with Gasteiger partial charge in [-0.2, -0.15) is 5.26 Å². The Balaban J connectivity index is 1.68. The van der Waals surface area contributed by atoms with Crippen LogP contribution in [-0.2, 0) is 27.3 Å². The Morgan fingerprint density at radius 3 is 2.69 bits per heavy atom. The highest BCUT2D eigenvalue weighted by Crippen LogP contribution is 2.69. The second-order valence-corrected chi connectivity index (χ2v) is 7.93. The van der Waals surface area contributed by atoms with Gasteiger partial charge in [-0.1, -0.05) is 17.7 Å². The lowest BCUT2D eigenvalue weighted by atomic mass is 9.84. The lowest BCUT2D eigenvalue weighted by molar-refractivity contribution is -0.154. The van der Waals surface area contributed by atoms with E-state index in [9.17, 15) is 20.0 Å². The number of carboxylic acid groups (broad SMARTS) is 1. The number of carbonyl (C=O) groups is 2. The quantitative estimate of drug-likeness (QED) is 0.858. The van der Waals surface area contributed by atoms with Crippen LogP contribution >= 0.6 is 11.6 Å². The molecule has 1 aromatic rings. The molecule has 6 nitrogen and oxygen atoms in total. The van der Waals surface area contributed by atoms with Gasteiger partial charge in [-0.15, -0.1) is 0 Å². The van der Waals surface area contributed by atoms with Crippen LogP contribution in [0.5, 0.6) is 0 Å². The fourth-order valence-corrected chi connectivity index (χ4v) is 4.76. The number of hydrogen-bond acceptors (Lipinski definition) is 4. The number of nitrogens with zero attached hydrogens (tertiary/aromatic N) is 2. The number of hydrogen-bond donors (Lipinski definition) is 1. The van der Waals surface area contributed by atoms with Crippen molar-refractivity contribution in [3.8, 4) is 6.07 Å². The molecule has 2 atom stereocenters. The Morgan fingerprint density at radius 2 is 2.04 bits per heavy atom. The van der Waals surface area contributed by atoms with Gasteiger partial charge in [0.15, 0.2) is 0 Å². The van der Waals surface area contributed by atoms with Crippen molar-refractivity contribution in [3.63, 3.8) is 0 Å². The SMILES string of the molecule is N#CC1(C(=O)N2Cc3cc(Cl)ccc3C[C@@H]2C(=O)O)CC12CCOCC2. The molecule has 1 aliphatic carbocycles. The maximum Gasteiger partial charge on any atom is 0.326 e. The minimum atomic E-state index is -1.12. The maximum absolute atomic E-state index is 13.4. The van der Waals surface area contributed by atoms with E-state index in [4.69, 9.17) is 16.3 Å². The van der Waals surface area contributed by atoms with Crippen LogP contribution in [-0.4, -0.2) is 41.1 Å². The van der Waals surface area contributed by atoms with Crippen LogP contribution in [0.1, 0.15) is 30.4 Å². The lowest BCUT2D eigenvalue weighted by Crippen LogP contribution is -2.52. The number of carboxylic acids is 1. The molecule has 1 saturated carbocycles. The summed E-state index contributed by atoms with van der Waals surface area (Å²) in [4.78, 5) is 26.6. The number of nitriles is 1. The van der Waals surface area contributed by atoms with Crippen LogP contribution in [0.4, 0.5) is 0 Å². The highest BCUT2D eigenvalue weighted by molar-refractivity contribution is 6.30. The third kappa shape index (κ3) is 2.42. The minimum Gasteiger partial charge on any atom is -0.480 e. The first-order valence-corrected chi connectivity index (χ1v) is 9.10. The van der Waals surface area contributed by atoms with Crippen molar-refractivity contribution in [2.24, 2.45) is 10.8 Å². The van der Waals surface area contributed by atoms with E-state index in [-0.39, 0.29) is 24.3 Å². The van der Waals surface area contributed by atoms with E-state index in [1.165, 1.54) is 4.90 Å². The van der Waals surface area contributed by atoms with Gasteiger partial charge in [-0.05, 0) is 42.5 Å². The molecule has 2 fully saturated rings. The van der Waals surface area contributed by atoms with Crippen molar-refractivity contribution in [1.82, 2.24) is 4.90 Å². The van der Waals surface area contributed by atoms with Crippen molar-refractivity contribution in [1.29, 1.82) is 5.26 Å². The number of aliphatic carboxylic acids is 1. The molecule has 4 rings (SSSR count). The number of fused-ring (bicyclic) bond motifs is 1. The average Bonchev–Trinajstić information content (AvgIpc) is 3.27. The number of halogens is 1. The Kier molecular flexibility index (Phi) is 3.98. The predicted molar refractivity (Wildman–Crippen MR) is 92.3 cm³/mol. The topological polar surface area (TPSA) is 90.6 Å². The van der Waals surface area contributed by atoms with Gasteiger partial charge in [0.1, 0.15) is 11.5 Å². The van der Waals surface area contributed by atoms with Gasteiger partial charge in [0.05, 0.1) is 6.07 Å². The van der Waals surface area contributed by atoms with Gasteiger partial charge in [-0.25, -0.2) is 4.79 Å². The van der Waals surface area contributed by atoms with Crippen molar-refractivity contribution in [3.05, 3.63) is 34.3 Å². The molecule has 0 aromatic heterocycles. The smallest absolute Gasteiger partial charge is 0.326 e. The van der Waals surface area contributed by atoms with E-state index in [0.29, 0.717) is 37.5 Å². The molecule has 1 spiro atoms. The van der Waals surface area contributed by atoms with Crippen LogP contribution in [0.3, 0.4) is 0 Å². The average molecular weight is 375 g/mol. The summed E-state index contributed by atoms with van der Waals surface area (Å²) in [5, 5.41) is 20.1. The van der Waals surface area contributed by atoms with Gasteiger partial charge < -0.3 is 14.7 Å². The summed E-state index contributed by atoms with van der Waals surface area (Å²) in [7, 11) is 0. The maximum atomic E-state index is 13.4. The zero-order valence-corrected chi connectivity index (χ0v) is 15.0. The molecular formula is C19H19ClN2O4. The summed E-state index contributed by atoms with van der Waals surface area (Å²) in [6, 6.07) is 6.59. The van der Waals surface area contributed by atoms with E-state index >= 15 is 0 Å². The van der Waals surface area contributed by atoms with Gasteiger partial charge in [0.25, 0.3) is 0 Å². The van der Waals surface area contributed by atoms with Crippen LogP contribution < -0.4 is 0 Å². The van der Waals surface area contributed by atoms with Crippen LogP contribution in [0.2, 0.25) is 5.02 Å². The largest absolute Gasteiger partial charge is 0.480 e. The molecule has 0 radical (unpaired) electrons. The summed E-state index contributed by atoms with van der Waals surface area (Å²) in [6.07, 6.45) is 2.05. The first-order chi connectivity index (χ1) is 12.4. The first-order valence-electron chi connectivity index (χ1n) is 8.73. The van der Waals surface area contributed by atoms with Gasteiger partial charge in [0.2, 0.25) is 5.91 Å². The molecule has 2 aliphatic heterocycles. The third-order valence-electron chi connectivity index (χ3n) is 6.23. The molecule has 1 unspecified atom stereocenters. The summed E-state index contributed by atoms with van der Waals surface area (Å²) in [5.41, 5.74) is 0.238. The number of carbonyl (C=O) groups excluding carboxylic acids is 1. The van der Waals surface area contributed by atoms with E-state index in [0.717, 1.165) is 11.1 Å². The van der Waals surface area contributed by atoms with Crippen molar-refractivity contribution >= 4 is 23.5 Å². The summed E-state index contributed by atoms with van der Waals surface area (Å²) in [6.45, 7) is 1.25. The number of amides is 1. The molecule has 1 saturated heterocycles. The Morgan fingerprint density at radius 1 is 1.31 bits per heavy atom. The fourth-order valence-electron chi connectivity index (χ4n) is 4.57. The zero-order chi connectivity index (χ0) is 18.5. The van der Waals surface area contributed by atoms with Crippen LogP contribution in [0, 0.1) is 22.2 Å². The van der Waals surface area contributed by atoms with E-state index < -0.39 is 17.4 Å². The molecule has 7 heteroatoms. The van der Waals surface area contributed by atoms with Crippen LogP contribution in [0.15, 0.2) is 18.2 Å². The number of rotatable bonds is 2. The monoisotopic (exact) mass is 374 g/mol. The molecule has 1 amide bonds. The molecule has 3 aliphatic rings. The standard InChI is InChI=1S/C19H19ClN2O4/c20-14-2-1-12-8-15(16(23)24)22(9-13(12)7-14)17(25)19(11-21)10-18(19)3-5-26-6-4-18/h1-2,7,15H,3-6,8-10H2,(H,23,24)/t15-,19?/m1/s1. The summed E-state index contributed by atoms with van der Waals surface area (Å²) in [5.74, 6) is -1.41. The van der Waals surface area contributed by atoms with E-state index in [2.05, 4.69) is 6.07 Å². The van der Waals surface area contributed by atoms with Crippen molar-refractivity contribution in [2.45, 2.75) is 38.3 Å². The molecule has 1 aromatic carbocycles. The van der Waals surface area contributed by atoms with Crippen molar-refractivity contribution in [2.75, 3.05) is 13.2 Å². The molecule has 26 heavy (non-hydrogen) atoms. The van der Waals surface area contributed by atoms with E-state index in [1.807, 2.05) is 6.07 Å². The highest BCUT2D eigenvalue weighted by Gasteiger charge is 2.73.